The van der Waals surface area contributed by atoms with E-state index >= 15 is 0 Å². The Morgan fingerprint density at radius 1 is 1.33 bits per heavy atom. The van der Waals surface area contributed by atoms with Gasteiger partial charge in [-0.1, -0.05) is 29.8 Å². The molecule has 0 bridgehead atoms. The highest BCUT2D eigenvalue weighted by Gasteiger charge is 2.31. The van der Waals surface area contributed by atoms with Gasteiger partial charge in [-0.25, -0.2) is 4.39 Å². The summed E-state index contributed by atoms with van der Waals surface area (Å²) in [5.74, 6) is 0.400. The first-order valence-electron chi connectivity index (χ1n) is 7.73. The summed E-state index contributed by atoms with van der Waals surface area (Å²) in [5, 5.41) is 4.27. The quantitative estimate of drug-likeness (QED) is 0.766. The summed E-state index contributed by atoms with van der Waals surface area (Å²) in [4.78, 5) is 2.03. The van der Waals surface area contributed by atoms with Crippen molar-refractivity contribution in [2.75, 3.05) is 12.4 Å². The number of benzene rings is 2. The second-order valence-electron chi connectivity index (χ2n) is 5.73. The van der Waals surface area contributed by atoms with Crippen LogP contribution in [0.4, 0.5) is 10.1 Å². The number of nitrogens with zero attached hydrogens (tertiary/aromatic N) is 1. The Hall–Kier alpha value is -1.85. The Morgan fingerprint density at radius 2 is 2.08 bits per heavy atom. The standard InChI is InChI=1S/C18H18ClFN2OS/c1-23-17-9-6-13(10-15(17)19)21-18(24)22(14-7-8-14)11-12-4-2-3-5-16(12)20/h2-6,9-10,14H,7-8,11H2,1H3,(H,21,24). The molecule has 126 valence electrons. The molecule has 0 saturated heterocycles. The molecule has 0 aromatic heterocycles. The van der Waals surface area contributed by atoms with Crippen LogP contribution in [-0.2, 0) is 6.54 Å². The third-order valence-electron chi connectivity index (χ3n) is 3.95. The van der Waals surface area contributed by atoms with Gasteiger partial charge in [0.25, 0.3) is 0 Å². The predicted molar refractivity (Wildman–Crippen MR) is 99.2 cm³/mol. The van der Waals surface area contributed by atoms with Crippen LogP contribution in [0.2, 0.25) is 5.02 Å². The van der Waals surface area contributed by atoms with Crippen molar-refractivity contribution in [1.29, 1.82) is 0 Å². The van der Waals surface area contributed by atoms with Gasteiger partial charge >= 0.3 is 0 Å². The molecule has 0 spiro atoms. The minimum atomic E-state index is -0.210. The molecule has 0 aliphatic heterocycles. The summed E-state index contributed by atoms with van der Waals surface area (Å²) in [6.45, 7) is 0.451. The van der Waals surface area contributed by atoms with Crippen LogP contribution in [-0.4, -0.2) is 23.2 Å². The zero-order chi connectivity index (χ0) is 17.1. The van der Waals surface area contributed by atoms with Gasteiger partial charge in [0.05, 0.1) is 12.1 Å². The average molecular weight is 365 g/mol. The number of ether oxygens (including phenoxy) is 1. The average Bonchev–Trinajstić information content (AvgIpc) is 3.39. The third-order valence-corrected chi connectivity index (χ3v) is 4.58. The van der Waals surface area contributed by atoms with Crippen LogP contribution >= 0.6 is 23.8 Å². The highest BCUT2D eigenvalue weighted by Crippen LogP contribution is 2.31. The van der Waals surface area contributed by atoms with Crippen LogP contribution < -0.4 is 10.1 Å². The Bertz CT molecular complexity index is 752. The van der Waals surface area contributed by atoms with E-state index in [1.165, 1.54) is 6.07 Å². The number of methoxy groups -OCH3 is 1. The smallest absolute Gasteiger partial charge is 0.173 e. The molecule has 0 unspecified atom stereocenters. The van der Waals surface area contributed by atoms with Gasteiger partial charge in [0.2, 0.25) is 0 Å². The van der Waals surface area contributed by atoms with Crippen molar-refractivity contribution in [2.24, 2.45) is 0 Å². The van der Waals surface area contributed by atoms with Gasteiger partial charge in [0.15, 0.2) is 5.11 Å². The topological polar surface area (TPSA) is 24.5 Å². The second-order valence-corrected chi connectivity index (χ2v) is 6.52. The first-order chi connectivity index (χ1) is 11.6. The summed E-state index contributed by atoms with van der Waals surface area (Å²) in [6.07, 6.45) is 2.14. The predicted octanol–water partition coefficient (Wildman–Crippen LogP) is 4.85. The van der Waals surface area contributed by atoms with E-state index in [4.69, 9.17) is 28.6 Å². The maximum Gasteiger partial charge on any atom is 0.173 e. The maximum atomic E-state index is 13.9. The lowest BCUT2D eigenvalue weighted by Crippen LogP contribution is -2.36. The zero-order valence-corrected chi connectivity index (χ0v) is 14.8. The highest BCUT2D eigenvalue weighted by molar-refractivity contribution is 7.80. The van der Waals surface area contributed by atoms with Crippen molar-refractivity contribution in [3.05, 3.63) is 58.9 Å². The first kappa shape index (κ1) is 17.0. The number of hydrogen-bond acceptors (Lipinski definition) is 2. The minimum Gasteiger partial charge on any atom is -0.495 e. The van der Waals surface area contributed by atoms with Gasteiger partial charge in [-0.2, -0.15) is 0 Å². The van der Waals surface area contributed by atoms with Gasteiger partial charge in [0.1, 0.15) is 11.6 Å². The molecule has 24 heavy (non-hydrogen) atoms. The van der Waals surface area contributed by atoms with Crippen molar-refractivity contribution in [2.45, 2.75) is 25.4 Å². The Kier molecular flexibility index (Phi) is 5.21. The van der Waals surface area contributed by atoms with Crippen molar-refractivity contribution in [3.63, 3.8) is 0 Å². The molecule has 3 rings (SSSR count). The molecular weight excluding hydrogens is 347 g/mol. The van der Waals surface area contributed by atoms with E-state index in [9.17, 15) is 4.39 Å². The van der Waals surface area contributed by atoms with Crippen molar-refractivity contribution in [3.8, 4) is 5.75 Å². The molecule has 1 saturated carbocycles. The fourth-order valence-electron chi connectivity index (χ4n) is 2.50. The number of halogens is 2. The Balaban J connectivity index is 1.73. The highest BCUT2D eigenvalue weighted by atomic mass is 35.5. The summed E-state index contributed by atoms with van der Waals surface area (Å²) >= 11 is 11.7. The van der Waals surface area contributed by atoms with Gasteiger partial charge in [-0.15, -0.1) is 0 Å². The SMILES string of the molecule is COc1ccc(NC(=S)N(Cc2ccccc2F)C2CC2)cc1Cl. The van der Waals surface area contributed by atoms with E-state index < -0.39 is 0 Å². The van der Waals surface area contributed by atoms with Gasteiger partial charge in [-0.3, -0.25) is 0 Å². The number of thiocarbonyl (C=S) groups is 1. The van der Waals surface area contributed by atoms with Crippen LogP contribution in [0.1, 0.15) is 18.4 Å². The van der Waals surface area contributed by atoms with Crippen molar-refractivity contribution in [1.82, 2.24) is 4.90 Å². The molecule has 0 radical (unpaired) electrons. The lowest BCUT2D eigenvalue weighted by Gasteiger charge is -2.26. The van der Waals surface area contributed by atoms with Crippen molar-refractivity contribution >= 4 is 34.6 Å². The molecule has 1 aliphatic rings. The monoisotopic (exact) mass is 364 g/mol. The van der Waals surface area contributed by atoms with Crippen LogP contribution in [0.3, 0.4) is 0 Å². The summed E-state index contributed by atoms with van der Waals surface area (Å²) < 4.78 is 19.1. The summed E-state index contributed by atoms with van der Waals surface area (Å²) in [5.41, 5.74) is 1.42. The molecule has 2 aromatic rings. The lowest BCUT2D eigenvalue weighted by molar-refractivity contribution is 0.399. The molecule has 1 N–H and O–H groups in total. The molecule has 6 heteroatoms. The van der Waals surface area contributed by atoms with Gasteiger partial charge < -0.3 is 15.0 Å². The van der Waals surface area contributed by atoms with E-state index in [1.54, 1.807) is 31.4 Å². The van der Waals surface area contributed by atoms with E-state index in [1.807, 2.05) is 17.0 Å². The van der Waals surface area contributed by atoms with E-state index in [0.29, 0.717) is 34.0 Å². The first-order valence-corrected chi connectivity index (χ1v) is 8.51. The molecule has 0 amide bonds. The molecule has 1 aliphatic carbocycles. The fourth-order valence-corrected chi connectivity index (χ4v) is 3.09. The van der Waals surface area contributed by atoms with Crippen LogP contribution in [0.25, 0.3) is 0 Å². The number of hydrogen-bond donors (Lipinski definition) is 1. The van der Waals surface area contributed by atoms with Crippen LogP contribution in [0, 0.1) is 5.82 Å². The normalized spacial score (nSPS) is 13.5. The molecule has 0 heterocycles. The Morgan fingerprint density at radius 3 is 2.71 bits per heavy atom. The minimum absolute atomic E-state index is 0.210. The fraction of sp³-hybridized carbons (Fsp3) is 0.278. The molecule has 3 nitrogen and oxygen atoms in total. The largest absolute Gasteiger partial charge is 0.495 e. The maximum absolute atomic E-state index is 13.9. The van der Waals surface area contributed by atoms with E-state index in [-0.39, 0.29) is 5.82 Å². The summed E-state index contributed by atoms with van der Waals surface area (Å²) in [7, 11) is 1.57. The number of rotatable bonds is 5. The molecule has 1 fully saturated rings. The molecular formula is C18H18ClFN2OS. The van der Waals surface area contributed by atoms with Gasteiger partial charge in [0, 0.05) is 23.8 Å². The summed E-state index contributed by atoms with van der Waals surface area (Å²) in [6, 6.07) is 12.5. The van der Waals surface area contributed by atoms with Crippen LogP contribution in [0.15, 0.2) is 42.5 Å². The van der Waals surface area contributed by atoms with E-state index in [0.717, 1.165) is 18.5 Å². The lowest BCUT2D eigenvalue weighted by atomic mass is 10.2. The zero-order valence-electron chi connectivity index (χ0n) is 13.3. The Labute approximate surface area is 151 Å². The molecule has 2 aromatic carbocycles. The van der Waals surface area contributed by atoms with Crippen molar-refractivity contribution < 1.29 is 9.13 Å². The third kappa shape index (κ3) is 3.97. The van der Waals surface area contributed by atoms with Gasteiger partial charge in [-0.05, 0) is 49.3 Å². The number of anilines is 1. The molecule has 0 atom stereocenters. The number of nitrogens with one attached hydrogen (secondary N) is 1. The van der Waals surface area contributed by atoms with Crippen LogP contribution in [0.5, 0.6) is 5.75 Å². The second kappa shape index (κ2) is 7.36. The van der Waals surface area contributed by atoms with E-state index in [2.05, 4.69) is 5.32 Å².